The number of sulfonamides is 1. The molecule has 0 aliphatic rings. The average molecular weight is 392 g/mol. The first-order valence-corrected chi connectivity index (χ1v) is 10.3. The lowest BCUT2D eigenvalue weighted by Gasteiger charge is -2.20. The summed E-state index contributed by atoms with van der Waals surface area (Å²) in [5.74, 6) is 0.689. The fourth-order valence-electron chi connectivity index (χ4n) is 3.35. The molecule has 3 aromatic carbocycles. The zero-order valence-corrected chi connectivity index (χ0v) is 16.1. The van der Waals surface area contributed by atoms with E-state index in [1.54, 1.807) is 37.4 Å². The molecule has 142 valence electrons. The van der Waals surface area contributed by atoms with Crippen LogP contribution in [0.1, 0.15) is 17.2 Å². The van der Waals surface area contributed by atoms with E-state index in [1.165, 1.54) is 0 Å². The van der Waals surface area contributed by atoms with E-state index in [-0.39, 0.29) is 4.90 Å². The molecule has 1 aromatic heterocycles. The van der Waals surface area contributed by atoms with Crippen molar-refractivity contribution < 1.29 is 13.2 Å². The van der Waals surface area contributed by atoms with Crippen molar-refractivity contribution in [1.82, 2.24) is 9.71 Å². The quantitative estimate of drug-likeness (QED) is 0.515. The lowest BCUT2D eigenvalue weighted by Crippen LogP contribution is -2.29. The van der Waals surface area contributed by atoms with Gasteiger partial charge in [-0.1, -0.05) is 54.6 Å². The zero-order valence-electron chi connectivity index (χ0n) is 15.3. The van der Waals surface area contributed by atoms with E-state index >= 15 is 0 Å². The van der Waals surface area contributed by atoms with Crippen LogP contribution in [0.25, 0.3) is 10.9 Å². The molecule has 0 spiro atoms. The van der Waals surface area contributed by atoms with Gasteiger partial charge < -0.3 is 9.72 Å². The van der Waals surface area contributed by atoms with Crippen molar-refractivity contribution in [2.75, 3.05) is 7.11 Å². The zero-order chi connectivity index (χ0) is 19.6. The number of benzene rings is 3. The van der Waals surface area contributed by atoms with Crippen LogP contribution in [0.5, 0.6) is 5.75 Å². The predicted octanol–water partition coefficient (Wildman–Crippen LogP) is 4.24. The van der Waals surface area contributed by atoms with Gasteiger partial charge in [0.1, 0.15) is 5.75 Å². The first-order valence-electron chi connectivity index (χ1n) is 8.86. The third-order valence-electron chi connectivity index (χ3n) is 4.69. The molecule has 0 bridgehead atoms. The van der Waals surface area contributed by atoms with Crippen molar-refractivity contribution in [2.45, 2.75) is 10.9 Å². The summed E-state index contributed by atoms with van der Waals surface area (Å²) < 4.78 is 34.5. The molecule has 4 aromatic rings. The van der Waals surface area contributed by atoms with Crippen molar-refractivity contribution in [3.8, 4) is 5.75 Å². The molecule has 0 saturated carbocycles. The van der Waals surface area contributed by atoms with Crippen LogP contribution in [0.3, 0.4) is 0 Å². The Bertz CT molecular complexity index is 1190. The number of hydrogen-bond donors (Lipinski definition) is 2. The molecule has 28 heavy (non-hydrogen) atoms. The largest absolute Gasteiger partial charge is 0.496 e. The highest BCUT2D eigenvalue weighted by molar-refractivity contribution is 7.89. The van der Waals surface area contributed by atoms with Gasteiger partial charge in [0.2, 0.25) is 10.0 Å². The molecule has 0 radical (unpaired) electrons. The average Bonchev–Trinajstić information content (AvgIpc) is 3.17. The van der Waals surface area contributed by atoms with Gasteiger partial charge in [-0.15, -0.1) is 0 Å². The van der Waals surface area contributed by atoms with Crippen molar-refractivity contribution in [1.29, 1.82) is 0 Å². The summed E-state index contributed by atoms with van der Waals surface area (Å²) in [5, 5.41) is 0.856. The third kappa shape index (κ3) is 3.40. The van der Waals surface area contributed by atoms with Gasteiger partial charge in [0.25, 0.3) is 0 Å². The van der Waals surface area contributed by atoms with E-state index in [0.29, 0.717) is 5.75 Å². The maximum absolute atomic E-state index is 13.0. The van der Waals surface area contributed by atoms with Crippen LogP contribution in [-0.4, -0.2) is 20.5 Å². The van der Waals surface area contributed by atoms with Gasteiger partial charge >= 0.3 is 0 Å². The Morgan fingerprint density at radius 3 is 2.25 bits per heavy atom. The molecule has 4 rings (SSSR count). The van der Waals surface area contributed by atoms with Crippen molar-refractivity contribution in [3.05, 3.63) is 96.2 Å². The van der Waals surface area contributed by atoms with Crippen molar-refractivity contribution >= 4 is 20.9 Å². The SMILES string of the molecule is COc1cccc2[nH]cc(C(NS(=O)(=O)c3ccccc3)c3ccccc3)c12. The van der Waals surface area contributed by atoms with Gasteiger partial charge in [0, 0.05) is 22.7 Å². The summed E-state index contributed by atoms with van der Waals surface area (Å²) in [7, 11) is -2.12. The Morgan fingerprint density at radius 2 is 1.57 bits per heavy atom. The molecule has 6 heteroatoms. The van der Waals surface area contributed by atoms with Gasteiger partial charge in [-0.25, -0.2) is 8.42 Å². The van der Waals surface area contributed by atoms with E-state index in [2.05, 4.69) is 9.71 Å². The predicted molar refractivity (Wildman–Crippen MR) is 110 cm³/mol. The molecule has 0 aliphatic heterocycles. The smallest absolute Gasteiger partial charge is 0.241 e. The number of aromatic nitrogens is 1. The Kier molecular flexibility index (Phi) is 4.90. The molecule has 0 aliphatic carbocycles. The van der Waals surface area contributed by atoms with Crippen LogP contribution in [0, 0.1) is 0 Å². The fraction of sp³-hybridized carbons (Fsp3) is 0.0909. The fourth-order valence-corrected chi connectivity index (χ4v) is 4.58. The van der Waals surface area contributed by atoms with E-state index in [1.807, 2.05) is 54.7 Å². The lowest BCUT2D eigenvalue weighted by atomic mass is 9.99. The second-order valence-electron chi connectivity index (χ2n) is 6.40. The molecule has 2 N–H and O–H groups in total. The first-order chi connectivity index (χ1) is 13.6. The molecule has 1 heterocycles. The number of aromatic amines is 1. The van der Waals surface area contributed by atoms with E-state index in [0.717, 1.165) is 22.0 Å². The van der Waals surface area contributed by atoms with E-state index in [4.69, 9.17) is 4.74 Å². The van der Waals surface area contributed by atoms with Gasteiger partial charge in [0.05, 0.1) is 18.0 Å². The van der Waals surface area contributed by atoms with Crippen LogP contribution in [0.4, 0.5) is 0 Å². The van der Waals surface area contributed by atoms with Gasteiger partial charge in [-0.05, 0) is 29.8 Å². The minimum atomic E-state index is -3.73. The summed E-state index contributed by atoms with van der Waals surface area (Å²) in [5.41, 5.74) is 2.53. The molecule has 0 amide bonds. The molecule has 1 atom stereocenters. The highest BCUT2D eigenvalue weighted by atomic mass is 32.2. The Balaban J connectivity index is 1.87. The second-order valence-corrected chi connectivity index (χ2v) is 8.12. The number of H-pyrrole nitrogens is 1. The number of fused-ring (bicyclic) bond motifs is 1. The van der Waals surface area contributed by atoms with Crippen molar-refractivity contribution in [3.63, 3.8) is 0 Å². The number of methoxy groups -OCH3 is 1. The number of ether oxygens (including phenoxy) is 1. The first kappa shape index (κ1) is 18.3. The number of rotatable bonds is 6. The second kappa shape index (κ2) is 7.50. The number of nitrogens with one attached hydrogen (secondary N) is 2. The molecule has 1 unspecified atom stereocenters. The molecule has 0 fully saturated rings. The lowest BCUT2D eigenvalue weighted by molar-refractivity contribution is 0.419. The summed E-state index contributed by atoms with van der Waals surface area (Å²) in [6.07, 6.45) is 1.83. The van der Waals surface area contributed by atoms with E-state index < -0.39 is 16.1 Å². The summed E-state index contributed by atoms with van der Waals surface area (Å²) in [6, 6.07) is 23.0. The van der Waals surface area contributed by atoms with Gasteiger partial charge in [0.15, 0.2) is 0 Å². The Morgan fingerprint density at radius 1 is 0.893 bits per heavy atom. The maximum Gasteiger partial charge on any atom is 0.241 e. The topological polar surface area (TPSA) is 71.2 Å². The third-order valence-corrected chi connectivity index (χ3v) is 6.13. The molecular formula is C22H20N2O3S. The van der Waals surface area contributed by atoms with Crippen LogP contribution in [0.2, 0.25) is 0 Å². The Labute approximate surface area is 164 Å². The Hall–Kier alpha value is -3.09. The van der Waals surface area contributed by atoms with Crippen LogP contribution >= 0.6 is 0 Å². The maximum atomic E-state index is 13.0. The summed E-state index contributed by atoms with van der Waals surface area (Å²) >= 11 is 0. The van der Waals surface area contributed by atoms with E-state index in [9.17, 15) is 8.42 Å². The highest BCUT2D eigenvalue weighted by Gasteiger charge is 2.26. The van der Waals surface area contributed by atoms with Gasteiger partial charge in [-0.3, -0.25) is 0 Å². The van der Waals surface area contributed by atoms with Crippen LogP contribution in [0.15, 0.2) is 90.0 Å². The minimum Gasteiger partial charge on any atom is -0.496 e. The molecule has 5 nitrogen and oxygen atoms in total. The normalized spacial score (nSPS) is 12.8. The standard InChI is InChI=1S/C22H20N2O3S/c1-27-20-14-8-13-19-21(20)18(15-23-19)22(16-9-4-2-5-10-16)24-28(25,26)17-11-6-3-7-12-17/h2-15,22-24H,1H3. The number of hydrogen-bond acceptors (Lipinski definition) is 3. The van der Waals surface area contributed by atoms with Crippen molar-refractivity contribution in [2.24, 2.45) is 0 Å². The molecular weight excluding hydrogens is 372 g/mol. The highest BCUT2D eigenvalue weighted by Crippen LogP contribution is 2.35. The van der Waals surface area contributed by atoms with Crippen LogP contribution in [-0.2, 0) is 10.0 Å². The molecule has 0 saturated heterocycles. The summed E-state index contributed by atoms with van der Waals surface area (Å²) in [6.45, 7) is 0. The monoisotopic (exact) mass is 392 g/mol. The minimum absolute atomic E-state index is 0.225. The summed E-state index contributed by atoms with van der Waals surface area (Å²) in [4.78, 5) is 3.45. The van der Waals surface area contributed by atoms with Crippen LogP contribution < -0.4 is 9.46 Å². The van der Waals surface area contributed by atoms with Gasteiger partial charge in [-0.2, -0.15) is 4.72 Å².